The van der Waals surface area contributed by atoms with Crippen molar-refractivity contribution in [2.75, 3.05) is 11.9 Å². The minimum Gasteiger partial charge on any atom is -0.462 e. The molecule has 5 nitrogen and oxygen atoms in total. The van der Waals surface area contributed by atoms with Crippen LogP contribution in [0.2, 0.25) is 5.02 Å². The van der Waals surface area contributed by atoms with Crippen LogP contribution in [-0.4, -0.2) is 23.5 Å². The van der Waals surface area contributed by atoms with Crippen molar-refractivity contribution in [3.63, 3.8) is 0 Å². The normalized spacial score (nSPS) is 12.6. The Hall–Kier alpha value is -2.92. The zero-order valence-electron chi connectivity index (χ0n) is 16.1. The summed E-state index contributed by atoms with van der Waals surface area (Å²) in [6, 6.07) is 12.2. The number of hydrogen-bond donors (Lipinski definition) is 1. The molecule has 0 fully saturated rings. The third-order valence-corrected chi connectivity index (χ3v) is 5.23. The van der Waals surface area contributed by atoms with Crippen molar-refractivity contribution < 1.29 is 14.3 Å². The zero-order valence-corrected chi connectivity index (χ0v) is 16.9. The highest BCUT2D eigenvalue weighted by Gasteiger charge is 2.24. The van der Waals surface area contributed by atoms with Crippen LogP contribution in [0.4, 0.5) is 5.69 Å². The number of nitrogens with zero attached hydrogens (tertiary/aromatic N) is 1. The number of nitrogens with one attached hydrogen (secondary N) is 1. The molecule has 1 aliphatic carbocycles. The Morgan fingerprint density at radius 2 is 2.03 bits per heavy atom. The maximum atomic E-state index is 13.3. The van der Waals surface area contributed by atoms with Gasteiger partial charge >= 0.3 is 5.97 Å². The van der Waals surface area contributed by atoms with Crippen LogP contribution in [0.15, 0.2) is 42.5 Å². The monoisotopic (exact) mass is 408 g/mol. The molecular formula is C23H21ClN2O3. The molecule has 148 valence electrons. The van der Waals surface area contributed by atoms with Crippen molar-refractivity contribution in [1.82, 2.24) is 4.98 Å². The molecule has 29 heavy (non-hydrogen) atoms. The van der Waals surface area contributed by atoms with Gasteiger partial charge in [0.15, 0.2) is 0 Å². The zero-order chi connectivity index (χ0) is 20.4. The molecule has 0 atom stereocenters. The lowest BCUT2D eigenvalue weighted by molar-refractivity contribution is 0.0505. The molecule has 0 saturated heterocycles. The molecule has 3 aromatic rings. The molecule has 0 bridgehead atoms. The van der Waals surface area contributed by atoms with E-state index in [9.17, 15) is 9.59 Å². The molecular weight excluding hydrogens is 388 g/mol. The number of aromatic nitrogens is 1. The van der Waals surface area contributed by atoms with Gasteiger partial charge in [0.1, 0.15) is 0 Å². The number of fused-ring (bicyclic) bond motifs is 2. The van der Waals surface area contributed by atoms with Gasteiger partial charge < -0.3 is 10.1 Å². The van der Waals surface area contributed by atoms with E-state index in [1.54, 1.807) is 36.4 Å². The van der Waals surface area contributed by atoms with Gasteiger partial charge in [-0.2, -0.15) is 0 Å². The summed E-state index contributed by atoms with van der Waals surface area (Å²) in [5.74, 6) is -0.623. The van der Waals surface area contributed by atoms with Crippen molar-refractivity contribution >= 4 is 40.1 Å². The molecule has 4 rings (SSSR count). The first kappa shape index (κ1) is 19.4. The van der Waals surface area contributed by atoms with Gasteiger partial charge in [0.2, 0.25) is 0 Å². The molecule has 0 spiro atoms. The number of halogens is 1. The molecule has 1 aliphatic rings. The average Bonchev–Trinajstić information content (AvgIpc) is 3.18. The number of carbonyl (C=O) groups is 2. The minimum atomic E-state index is -0.398. The Bertz CT molecular complexity index is 1110. The molecule has 1 aromatic heterocycles. The van der Waals surface area contributed by atoms with Gasteiger partial charge in [-0.1, -0.05) is 24.6 Å². The highest BCUT2D eigenvalue weighted by Crippen LogP contribution is 2.32. The Morgan fingerprint density at radius 3 is 2.86 bits per heavy atom. The molecule has 0 aliphatic heterocycles. The van der Waals surface area contributed by atoms with Crippen LogP contribution in [0.1, 0.15) is 51.7 Å². The van der Waals surface area contributed by atoms with Crippen LogP contribution in [0.25, 0.3) is 10.9 Å². The summed E-state index contributed by atoms with van der Waals surface area (Å²) in [7, 11) is 0. The molecule has 1 amide bonds. The lowest BCUT2D eigenvalue weighted by Crippen LogP contribution is -2.16. The van der Waals surface area contributed by atoms with Crippen molar-refractivity contribution in [3.05, 3.63) is 69.9 Å². The van der Waals surface area contributed by atoms with E-state index in [0.29, 0.717) is 28.4 Å². The quantitative estimate of drug-likeness (QED) is 0.589. The van der Waals surface area contributed by atoms with Crippen molar-refractivity contribution in [2.45, 2.75) is 32.6 Å². The first-order chi connectivity index (χ1) is 14.1. The molecule has 0 saturated carbocycles. The number of carbonyl (C=O) groups excluding carboxylic acids is 2. The Labute approximate surface area is 174 Å². The lowest BCUT2D eigenvalue weighted by Gasteiger charge is -2.13. The molecule has 1 N–H and O–H groups in total. The third kappa shape index (κ3) is 3.96. The van der Waals surface area contributed by atoms with E-state index in [4.69, 9.17) is 21.3 Å². The lowest BCUT2D eigenvalue weighted by atomic mass is 10.0. The second kappa shape index (κ2) is 8.21. The van der Waals surface area contributed by atoms with E-state index in [2.05, 4.69) is 5.32 Å². The third-order valence-electron chi connectivity index (χ3n) is 4.99. The van der Waals surface area contributed by atoms with E-state index in [-0.39, 0.29) is 5.91 Å². The predicted octanol–water partition coefficient (Wildman–Crippen LogP) is 5.20. The van der Waals surface area contributed by atoms with E-state index >= 15 is 0 Å². The number of aryl methyl sites for hydroxylation is 1. The fraction of sp³-hybridized carbons (Fsp3) is 0.261. The van der Waals surface area contributed by atoms with Gasteiger partial charge in [-0.25, -0.2) is 4.79 Å². The van der Waals surface area contributed by atoms with Crippen LogP contribution >= 0.6 is 11.6 Å². The van der Waals surface area contributed by atoms with Crippen molar-refractivity contribution in [3.8, 4) is 0 Å². The highest BCUT2D eigenvalue weighted by molar-refractivity contribution is 6.31. The first-order valence-corrected chi connectivity index (χ1v) is 10.1. The number of esters is 1. The van der Waals surface area contributed by atoms with Gasteiger partial charge in [0, 0.05) is 21.8 Å². The van der Waals surface area contributed by atoms with Gasteiger partial charge in [-0.15, -0.1) is 0 Å². The predicted molar refractivity (Wildman–Crippen MR) is 114 cm³/mol. The summed E-state index contributed by atoms with van der Waals surface area (Å²) in [5, 5.41) is 4.24. The standard InChI is InChI=1S/C23H21ClN2O3/c1-2-11-29-23(28)14-5-3-6-16(12-14)25-22(27)21-17-7-4-8-19(17)26-20-10-9-15(24)13-18(20)21/h3,5-6,9-10,12-13H,2,4,7-8,11H2,1H3,(H,25,27). The van der Waals surface area contributed by atoms with E-state index in [1.807, 2.05) is 13.0 Å². The van der Waals surface area contributed by atoms with Crippen molar-refractivity contribution in [2.24, 2.45) is 0 Å². The van der Waals surface area contributed by atoms with Crippen LogP contribution in [0.5, 0.6) is 0 Å². The Balaban J connectivity index is 1.69. The smallest absolute Gasteiger partial charge is 0.338 e. The number of benzene rings is 2. The van der Waals surface area contributed by atoms with Crippen LogP contribution < -0.4 is 5.32 Å². The number of rotatable bonds is 5. The van der Waals surface area contributed by atoms with Gasteiger partial charge in [-0.05, 0) is 67.6 Å². The van der Waals surface area contributed by atoms with E-state index < -0.39 is 5.97 Å². The molecule has 1 heterocycles. The van der Waals surface area contributed by atoms with Crippen LogP contribution in [0, 0.1) is 0 Å². The summed E-state index contributed by atoms with van der Waals surface area (Å²) in [5.41, 5.74) is 4.28. The number of amides is 1. The van der Waals surface area contributed by atoms with Crippen molar-refractivity contribution in [1.29, 1.82) is 0 Å². The Morgan fingerprint density at radius 1 is 1.17 bits per heavy atom. The minimum absolute atomic E-state index is 0.225. The second-order valence-electron chi connectivity index (χ2n) is 7.10. The van der Waals surface area contributed by atoms with Crippen LogP contribution in [-0.2, 0) is 17.6 Å². The number of ether oxygens (including phenoxy) is 1. The molecule has 6 heteroatoms. The maximum absolute atomic E-state index is 13.3. The fourth-order valence-electron chi connectivity index (χ4n) is 3.69. The summed E-state index contributed by atoms with van der Waals surface area (Å²) < 4.78 is 5.18. The number of pyridine rings is 1. The van der Waals surface area contributed by atoms with E-state index in [1.165, 1.54) is 0 Å². The second-order valence-corrected chi connectivity index (χ2v) is 7.53. The summed E-state index contributed by atoms with van der Waals surface area (Å²) >= 11 is 6.19. The summed E-state index contributed by atoms with van der Waals surface area (Å²) in [6.07, 6.45) is 3.42. The average molecular weight is 409 g/mol. The first-order valence-electron chi connectivity index (χ1n) is 9.76. The molecule has 2 aromatic carbocycles. The van der Waals surface area contributed by atoms with E-state index in [0.717, 1.165) is 47.8 Å². The largest absolute Gasteiger partial charge is 0.462 e. The maximum Gasteiger partial charge on any atom is 0.338 e. The topological polar surface area (TPSA) is 68.3 Å². The van der Waals surface area contributed by atoms with Gasteiger partial charge in [-0.3, -0.25) is 9.78 Å². The molecule has 0 unspecified atom stereocenters. The van der Waals surface area contributed by atoms with Gasteiger partial charge in [0.05, 0.1) is 23.3 Å². The molecule has 0 radical (unpaired) electrons. The van der Waals surface area contributed by atoms with Gasteiger partial charge in [0.25, 0.3) is 5.91 Å². The number of anilines is 1. The fourth-order valence-corrected chi connectivity index (χ4v) is 3.86. The van der Waals surface area contributed by atoms with Crippen LogP contribution in [0.3, 0.4) is 0 Å². The Kier molecular flexibility index (Phi) is 5.49. The highest BCUT2D eigenvalue weighted by atomic mass is 35.5. The summed E-state index contributed by atoms with van der Waals surface area (Å²) in [6.45, 7) is 2.30. The summed E-state index contributed by atoms with van der Waals surface area (Å²) in [4.78, 5) is 30.1. The SMILES string of the molecule is CCCOC(=O)c1cccc(NC(=O)c2c3c(nc4ccc(Cl)cc24)CCC3)c1. The number of hydrogen-bond acceptors (Lipinski definition) is 4.